The number of halogens is 1. The van der Waals surface area contributed by atoms with E-state index in [1.807, 2.05) is 18.2 Å². The molecule has 0 unspecified atom stereocenters. The summed E-state index contributed by atoms with van der Waals surface area (Å²) in [5, 5.41) is 5.90. The molecule has 0 saturated heterocycles. The van der Waals surface area contributed by atoms with Crippen molar-refractivity contribution in [1.82, 2.24) is 25.6 Å². The van der Waals surface area contributed by atoms with Crippen LogP contribution in [0.2, 0.25) is 0 Å². The van der Waals surface area contributed by atoms with E-state index in [9.17, 15) is 14.4 Å². The maximum Gasteiger partial charge on any atom is 0.290 e. The second kappa shape index (κ2) is 7.75. The van der Waals surface area contributed by atoms with Gasteiger partial charge in [0.25, 0.3) is 17.4 Å². The van der Waals surface area contributed by atoms with Crippen molar-refractivity contribution in [3.63, 3.8) is 0 Å². The van der Waals surface area contributed by atoms with Gasteiger partial charge in [-0.2, -0.15) is 5.10 Å². The van der Waals surface area contributed by atoms with E-state index in [4.69, 9.17) is 0 Å². The van der Waals surface area contributed by atoms with Crippen molar-refractivity contribution in [2.75, 3.05) is 0 Å². The van der Waals surface area contributed by atoms with Crippen LogP contribution in [-0.4, -0.2) is 26.6 Å². The molecule has 8 nitrogen and oxygen atoms in total. The molecule has 2 aromatic carbocycles. The highest BCUT2D eigenvalue weighted by molar-refractivity contribution is 9.10. The van der Waals surface area contributed by atoms with Crippen LogP contribution < -0.4 is 16.4 Å². The van der Waals surface area contributed by atoms with Crippen molar-refractivity contribution in [3.8, 4) is 0 Å². The second-order valence-corrected chi connectivity index (χ2v) is 7.98. The first-order chi connectivity index (χ1) is 14.3. The number of aromatic amines is 1. The zero-order valence-corrected chi connectivity index (χ0v) is 17.8. The van der Waals surface area contributed by atoms with Gasteiger partial charge in [-0.25, -0.2) is 4.68 Å². The average Bonchev–Trinajstić information content (AvgIpc) is 3.15. The number of aromatic nitrogens is 3. The van der Waals surface area contributed by atoms with E-state index in [2.05, 4.69) is 36.9 Å². The zero-order chi connectivity index (χ0) is 21.4. The average molecular weight is 468 g/mol. The Hall–Kier alpha value is -3.46. The summed E-state index contributed by atoms with van der Waals surface area (Å²) in [6.45, 7) is 3.61. The minimum absolute atomic E-state index is 0.0553. The van der Waals surface area contributed by atoms with Gasteiger partial charge in [0, 0.05) is 20.8 Å². The highest BCUT2D eigenvalue weighted by Gasteiger charge is 2.19. The third kappa shape index (κ3) is 3.59. The number of carbonyl (C=O) groups is 2. The topological polar surface area (TPSA) is 109 Å². The Morgan fingerprint density at radius 1 is 1.03 bits per heavy atom. The number of benzene rings is 2. The highest BCUT2D eigenvalue weighted by Crippen LogP contribution is 2.20. The number of carbonyl (C=O) groups excluding carboxylic acids is 2. The molecule has 2 aromatic heterocycles. The van der Waals surface area contributed by atoms with Crippen LogP contribution in [0, 0.1) is 0 Å². The molecule has 0 atom stereocenters. The maximum absolute atomic E-state index is 12.8. The molecule has 0 saturated carbocycles. The molecule has 4 aromatic rings. The largest absolute Gasteiger partial charge is 0.350 e. The molecule has 0 fully saturated rings. The number of rotatable bonds is 3. The summed E-state index contributed by atoms with van der Waals surface area (Å²) < 4.78 is 2.14. The van der Waals surface area contributed by atoms with Crippen LogP contribution in [0.3, 0.4) is 0 Å². The zero-order valence-electron chi connectivity index (χ0n) is 16.2. The quantitative estimate of drug-likeness (QED) is 0.401. The predicted molar refractivity (Wildman–Crippen MR) is 117 cm³/mol. The lowest BCUT2D eigenvalue weighted by Gasteiger charge is -2.13. The Bertz CT molecular complexity index is 1360. The van der Waals surface area contributed by atoms with Crippen molar-refractivity contribution in [3.05, 3.63) is 74.7 Å². The van der Waals surface area contributed by atoms with Crippen LogP contribution in [0.4, 0.5) is 0 Å². The van der Waals surface area contributed by atoms with Crippen LogP contribution in [-0.2, 0) is 0 Å². The molecule has 0 spiro atoms. The van der Waals surface area contributed by atoms with Crippen LogP contribution in [0.1, 0.15) is 40.9 Å². The number of hydrazine groups is 1. The standard InChI is InChI=1S/C21H18BrN5O3/c1-11(2)27-21(30)15-6-4-3-5-14(15)18(26-27)20(29)25-24-19(28)17-9-12-7-8-13(22)10-16(12)23-17/h3-11,23H,1-2H3,(H,24,28)(H,25,29). The Morgan fingerprint density at radius 2 is 1.73 bits per heavy atom. The summed E-state index contributed by atoms with van der Waals surface area (Å²) in [7, 11) is 0. The fourth-order valence-electron chi connectivity index (χ4n) is 3.19. The summed E-state index contributed by atoms with van der Waals surface area (Å²) in [6, 6.07) is 13.8. The molecule has 3 N–H and O–H groups in total. The molecule has 0 bridgehead atoms. The van der Waals surface area contributed by atoms with Gasteiger partial charge in [-0.1, -0.05) is 40.2 Å². The van der Waals surface area contributed by atoms with Crippen molar-refractivity contribution in [2.45, 2.75) is 19.9 Å². The lowest BCUT2D eigenvalue weighted by molar-refractivity contribution is 0.0841. The minimum atomic E-state index is -0.618. The van der Waals surface area contributed by atoms with Crippen molar-refractivity contribution in [1.29, 1.82) is 0 Å². The molecule has 0 aliphatic carbocycles. The van der Waals surface area contributed by atoms with Crippen molar-refractivity contribution < 1.29 is 9.59 Å². The molecule has 0 radical (unpaired) electrons. The van der Waals surface area contributed by atoms with E-state index in [0.717, 1.165) is 15.4 Å². The van der Waals surface area contributed by atoms with E-state index >= 15 is 0 Å². The monoisotopic (exact) mass is 467 g/mol. The summed E-state index contributed by atoms with van der Waals surface area (Å²) in [4.78, 5) is 40.9. The molecule has 0 aliphatic heterocycles. The number of nitrogens with zero attached hydrogens (tertiary/aromatic N) is 2. The van der Waals surface area contributed by atoms with Gasteiger partial charge in [-0.15, -0.1) is 0 Å². The molecule has 152 valence electrons. The van der Waals surface area contributed by atoms with Gasteiger partial charge in [0.2, 0.25) is 0 Å². The summed E-state index contributed by atoms with van der Waals surface area (Å²) in [5.74, 6) is -1.12. The van der Waals surface area contributed by atoms with E-state index in [1.54, 1.807) is 44.2 Å². The Balaban J connectivity index is 1.60. The van der Waals surface area contributed by atoms with Crippen LogP contribution >= 0.6 is 15.9 Å². The number of amides is 2. The molecule has 30 heavy (non-hydrogen) atoms. The van der Waals surface area contributed by atoms with E-state index in [1.165, 1.54) is 4.68 Å². The van der Waals surface area contributed by atoms with Gasteiger partial charge >= 0.3 is 0 Å². The molecule has 2 heterocycles. The van der Waals surface area contributed by atoms with E-state index < -0.39 is 11.8 Å². The number of nitrogens with one attached hydrogen (secondary N) is 3. The molecule has 9 heteroatoms. The molecular formula is C21H18BrN5O3. The Labute approximate surface area is 179 Å². The molecule has 4 rings (SSSR count). The molecule has 0 aliphatic rings. The van der Waals surface area contributed by atoms with Gasteiger partial charge in [0.1, 0.15) is 5.69 Å². The van der Waals surface area contributed by atoms with Gasteiger partial charge in [0.15, 0.2) is 5.69 Å². The van der Waals surface area contributed by atoms with Crippen molar-refractivity contribution in [2.24, 2.45) is 0 Å². The third-order valence-electron chi connectivity index (χ3n) is 4.65. The minimum Gasteiger partial charge on any atom is -0.350 e. The number of hydrogen-bond acceptors (Lipinski definition) is 4. The van der Waals surface area contributed by atoms with Gasteiger partial charge in [0.05, 0.1) is 11.4 Å². The lowest BCUT2D eigenvalue weighted by atomic mass is 10.1. The van der Waals surface area contributed by atoms with Crippen LogP contribution in [0.15, 0.2) is 57.8 Å². The first-order valence-electron chi connectivity index (χ1n) is 9.25. The summed E-state index contributed by atoms with van der Waals surface area (Å²) >= 11 is 3.39. The second-order valence-electron chi connectivity index (χ2n) is 7.06. The maximum atomic E-state index is 12.8. The smallest absolute Gasteiger partial charge is 0.290 e. The fourth-order valence-corrected chi connectivity index (χ4v) is 3.55. The van der Waals surface area contributed by atoms with E-state index in [0.29, 0.717) is 16.5 Å². The number of fused-ring (bicyclic) bond motifs is 2. The lowest BCUT2D eigenvalue weighted by Crippen LogP contribution is -2.43. The Kier molecular flexibility index (Phi) is 5.13. The highest BCUT2D eigenvalue weighted by atomic mass is 79.9. The predicted octanol–water partition coefficient (Wildman–Crippen LogP) is 3.30. The van der Waals surface area contributed by atoms with Crippen LogP contribution in [0.5, 0.6) is 0 Å². The molecular weight excluding hydrogens is 450 g/mol. The normalized spacial score (nSPS) is 11.2. The molecule has 2 amide bonds. The SMILES string of the molecule is CC(C)n1nc(C(=O)NNC(=O)c2cc3ccc(Br)cc3[nH]2)c2ccccc2c1=O. The van der Waals surface area contributed by atoms with E-state index in [-0.39, 0.29) is 17.3 Å². The van der Waals surface area contributed by atoms with Crippen molar-refractivity contribution >= 4 is 49.4 Å². The number of H-pyrrole nitrogens is 1. The number of hydrogen-bond donors (Lipinski definition) is 3. The van der Waals surface area contributed by atoms with Gasteiger partial charge < -0.3 is 4.98 Å². The van der Waals surface area contributed by atoms with Gasteiger partial charge in [-0.3, -0.25) is 25.2 Å². The first kappa shape index (κ1) is 19.8. The third-order valence-corrected chi connectivity index (χ3v) is 5.14. The first-order valence-corrected chi connectivity index (χ1v) is 10.0. The van der Waals surface area contributed by atoms with Gasteiger partial charge in [-0.05, 0) is 38.1 Å². The summed E-state index contributed by atoms with van der Waals surface area (Å²) in [5.41, 5.74) is 5.65. The fraction of sp³-hybridized carbons (Fsp3) is 0.143. The Morgan fingerprint density at radius 3 is 2.47 bits per heavy atom. The van der Waals surface area contributed by atoms with Crippen LogP contribution in [0.25, 0.3) is 21.7 Å². The summed E-state index contributed by atoms with van der Waals surface area (Å²) in [6.07, 6.45) is 0.